The number of carbonyl (C=O) groups excluding carboxylic acids is 1. The number of fused-ring (bicyclic) bond motifs is 1. The molecule has 4 aromatic rings. The Morgan fingerprint density at radius 3 is 2.45 bits per heavy atom. The molecule has 4 heterocycles. The fraction of sp³-hybridized carbons (Fsp3) is 0.407. The molecule has 40 heavy (non-hydrogen) atoms. The van der Waals surface area contributed by atoms with Crippen LogP contribution in [0.2, 0.25) is 0 Å². The molecule has 1 saturated heterocycles. The van der Waals surface area contributed by atoms with Gasteiger partial charge in [-0.2, -0.15) is 5.90 Å². The predicted molar refractivity (Wildman–Crippen MR) is 149 cm³/mol. The van der Waals surface area contributed by atoms with Crippen molar-refractivity contribution in [1.82, 2.24) is 29.5 Å². The molecule has 1 aliphatic heterocycles. The van der Waals surface area contributed by atoms with Crippen molar-refractivity contribution in [3.05, 3.63) is 48.0 Å². The molecule has 0 atom stereocenters. The van der Waals surface area contributed by atoms with E-state index in [1.165, 1.54) is 12.4 Å². The van der Waals surface area contributed by atoms with Gasteiger partial charge in [-0.3, -0.25) is 0 Å². The first-order valence-corrected chi connectivity index (χ1v) is 13.1. The van der Waals surface area contributed by atoms with E-state index >= 15 is 0 Å². The minimum absolute atomic E-state index is 0.167. The Balaban J connectivity index is 1.48. The monoisotopic (exact) mass is 547 g/mol. The van der Waals surface area contributed by atoms with Gasteiger partial charge < -0.3 is 28.7 Å². The molecule has 0 unspecified atom stereocenters. The third-order valence-electron chi connectivity index (χ3n) is 6.50. The second kappa shape index (κ2) is 11.8. The van der Waals surface area contributed by atoms with Crippen LogP contribution in [0.4, 0.5) is 11.8 Å². The maximum absolute atomic E-state index is 11.6. The number of hydrogen-bond donors (Lipinski definition) is 1. The van der Waals surface area contributed by atoms with Crippen LogP contribution in [0.3, 0.4) is 0 Å². The molecule has 1 aromatic carbocycles. The van der Waals surface area contributed by atoms with Crippen LogP contribution >= 0.6 is 0 Å². The molecule has 13 heteroatoms. The fourth-order valence-corrected chi connectivity index (χ4v) is 4.30. The highest BCUT2D eigenvalue weighted by Gasteiger charge is 2.23. The van der Waals surface area contributed by atoms with Gasteiger partial charge in [0, 0.05) is 45.1 Å². The standard InChI is InChI=1S/C27H33N9O4/c1-17(2)16-39-20-7-5-18(6-8-20)23-32-24-22(25(33-23)36-9-11-38-12-10-36)31-21(35(24)4)15-34(3)27-29-13-19(14-30-27)26(37)40-28/h5-8,13-14,17H,9-12,15-16,28H2,1-4H3. The number of hydrogen-bond acceptors (Lipinski definition) is 12. The molecular formula is C27H33N9O4. The van der Waals surface area contributed by atoms with Crippen LogP contribution in [-0.2, 0) is 23.2 Å². The molecule has 2 N–H and O–H groups in total. The lowest BCUT2D eigenvalue weighted by molar-refractivity contribution is 0.0502. The number of aromatic nitrogens is 6. The maximum atomic E-state index is 11.6. The Labute approximate surface area is 231 Å². The van der Waals surface area contributed by atoms with Crippen LogP contribution in [0, 0.1) is 5.92 Å². The zero-order chi connectivity index (χ0) is 28.2. The van der Waals surface area contributed by atoms with Gasteiger partial charge in [0.25, 0.3) is 0 Å². The van der Waals surface area contributed by atoms with Crippen molar-refractivity contribution >= 4 is 28.9 Å². The van der Waals surface area contributed by atoms with Gasteiger partial charge in [0.05, 0.1) is 31.9 Å². The van der Waals surface area contributed by atoms with E-state index in [2.05, 4.69) is 33.6 Å². The Morgan fingerprint density at radius 1 is 1.10 bits per heavy atom. The highest BCUT2D eigenvalue weighted by atomic mass is 16.7. The van der Waals surface area contributed by atoms with E-state index in [4.69, 9.17) is 30.3 Å². The smallest absolute Gasteiger partial charge is 0.359 e. The van der Waals surface area contributed by atoms with Crippen LogP contribution in [0.5, 0.6) is 5.75 Å². The van der Waals surface area contributed by atoms with Crippen molar-refractivity contribution in [3.63, 3.8) is 0 Å². The van der Waals surface area contributed by atoms with Crippen molar-refractivity contribution in [3.8, 4) is 17.1 Å². The summed E-state index contributed by atoms with van der Waals surface area (Å²) in [4.78, 5) is 43.2. The average molecular weight is 548 g/mol. The summed E-state index contributed by atoms with van der Waals surface area (Å²) < 4.78 is 13.4. The largest absolute Gasteiger partial charge is 0.493 e. The summed E-state index contributed by atoms with van der Waals surface area (Å²) in [5.41, 5.74) is 2.49. The number of morpholine rings is 1. The summed E-state index contributed by atoms with van der Waals surface area (Å²) in [5.74, 6) is 8.06. The minimum atomic E-state index is -0.702. The van der Waals surface area contributed by atoms with Gasteiger partial charge in [0.2, 0.25) is 5.95 Å². The lowest BCUT2D eigenvalue weighted by Gasteiger charge is -2.28. The summed E-state index contributed by atoms with van der Waals surface area (Å²) in [7, 11) is 3.78. The second-order valence-electron chi connectivity index (χ2n) is 9.99. The third kappa shape index (κ3) is 5.80. The van der Waals surface area contributed by atoms with Crippen molar-refractivity contribution in [1.29, 1.82) is 0 Å². The molecule has 0 aliphatic carbocycles. The molecule has 3 aromatic heterocycles. The maximum Gasteiger partial charge on any atom is 0.359 e. The molecule has 1 aliphatic rings. The number of anilines is 2. The number of nitrogens with zero attached hydrogens (tertiary/aromatic N) is 8. The molecule has 210 valence electrons. The quantitative estimate of drug-likeness (QED) is 0.307. The van der Waals surface area contributed by atoms with E-state index in [0.29, 0.717) is 57.1 Å². The minimum Gasteiger partial charge on any atom is -0.493 e. The Bertz CT molecular complexity index is 1470. The Morgan fingerprint density at radius 2 is 1.80 bits per heavy atom. The first-order valence-electron chi connectivity index (χ1n) is 13.1. The van der Waals surface area contributed by atoms with E-state index in [9.17, 15) is 4.79 Å². The number of aryl methyl sites for hydroxylation is 1. The molecule has 0 radical (unpaired) electrons. The Kier molecular flexibility index (Phi) is 8.03. The van der Waals surface area contributed by atoms with E-state index in [1.807, 2.05) is 47.8 Å². The fourth-order valence-electron chi connectivity index (χ4n) is 4.30. The third-order valence-corrected chi connectivity index (χ3v) is 6.50. The van der Waals surface area contributed by atoms with Crippen LogP contribution in [0.25, 0.3) is 22.6 Å². The van der Waals surface area contributed by atoms with Gasteiger partial charge in [-0.25, -0.2) is 29.7 Å². The van der Waals surface area contributed by atoms with Crippen LogP contribution < -0.4 is 20.4 Å². The molecule has 1 fully saturated rings. The summed E-state index contributed by atoms with van der Waals surface area (Å²) in [6, 6.07) is 7.85. The van der Waals surface area contributed by atoms with Gasteiger partial charge in [-0.1, -0.05) is 13.8 Å². The molecular weight excluding hydrogens is 514 g/mol. The van der Waals surface area contributed by atoms with Crippen molar-refractivity contribution in [2.24, 2.45) is 18.9 Å². The number of nitrogens with two attached hydrogens (primary N) is 1. The number of ether oxygens (including phenoxy) is 2. The number of carbonyl (C=O) groups is 1. The number of benzene rings is 1. The summed E-state index contributed by atoms with van der Waals surface area (Å²) in [6.07, 6.45) is 2.74. The molecule has 0 amide bonds. The predicted octanol–water partition coefficient (Wildman–Crippen LogP) is 2.36. The van der Waals surface area contributed by atoms with Crippen molar-refractivity contribution in [2.45, 2.75) is 20.4 Å². The summed E-state index contributed by atoms with van der Waals surface area (Å²) >= 11 is 0. The SMILES string of the molecule is CC(C)COc1ccc(-c2nc(N3CCOCC3)c3nc(CN(C)c4ncc(C(=O)ON)cn4)n(C)c3n2)cc1. The van der Waals surface area contributed by atoms with Gasteiger partial charge in [0.1, 0.15) is 11.6 Å². The van der Waals surface area contributed by atoms with E-state index < -0.39 is 5.97 Å². The van der Waals surface area contributed by atoms with E-state index in [-0.39, 0.29) is 5.56 Å². The van der Waals surface area contributed by atoms with Gasteiger partial charge >= 0.3 is 5.97 Å². The lowest BCUT2D eigenvalue weighted by atomic mass is 10.2. The normalized spacial score (nSPS) is 13.6. The molecule has 0 bridgehead atoms. The number of rotatable bonds is 9. The van der Waals surface area contributed by atoms with Gasteiger partial charge in [0.15, 0.2) is 22.8 Å². The molecule has 5 rings (SSSR count). The van der Waals surface area contributed by atoms with Crippen molar-refractivity contribution in [2.75, 3.05) is 49.8 Å². The zero-order valence-corrected chi connectivity index (χ0v) is 23.1. The summed E-state index contributed by atoms with van der Waals surface area (Å²) in [5, 5.41) is 0. The van der Waals surface area contributed by atoms with Gasteiger partial charge in [-0.15, -0.1) is 0 Å². The second-order valence-corrected chi connectivity index (χ2v) is 9.99. The lowest BCUT2D eigenvalue weighted by Crippen LogP contribution is -2.37. The molecule has 0 saturated carbocycles. The average Bonchev–Trinajstić information content (AvgIpc) is 3.30. The van der Waals surface area contributed by atoms with E-state index in [1.54, 1.807) is 0 Å². The van der Waals surface area contributed by atoms with Crippen LogP contribution in [-0.4, -0.2) is 75.4 Å². The van der Waals surface area contributed by atoms with Gasteiger partial charge in [-0.05, 0) is 30.2 Å². The first kappa shape index (κ1) is 27.2. The van der Waals surface area contributed by atoms with Crippen LogP contribution in [0.1, 0.15) is 30.0 Å². The summed E-state index contributed by atoms with van der Waals surface area (Å²) in [6.45, 7) is 7.96. The molecule has 0 spiro atoms. The highest BCUT2D eigenvalue weighted by molar-refractivity contribution is 5.88. The van der Waals surface area contributed by atoms with Crippen LogP contribution in [0.15, 0.2) is 36.7 Å². The topological polar surface area (TPSA) is 147 Å². The molecule has 13 nitrogen and oxygen atoms in total. The Hall–Kier alpha value is -4.36. The zero-order valence-electron chi connectivity index (χ0n) is 23.1. The first-order chi connectivity index (χ1) is 19.3. The highest BCUT2D eigenvalue weighted by Crippen LogP contribution is 2.29. The number of imidazole rings is 1. The van der Waals surface area contributed by atoms with E-state index in [0.717, 1.165) is 34.1 Å². The van der Waals surface area contributed by atoms with Crippen molar-refractivity contribution < 1.29 is 19.1 Å².